The molecule has 3 rings (SSSR count). The molecule has 22 heavy (non-hydrogen) atoms. The van der Waals surface area contributed by atoms with Crippen LogP contribution >= 0.6 is 0 Å². The number of hydrogen-bond donors (Lipinski definition) is 1. The minimum atomic E-state index is -0.625. The summed E-state index contributed by atoms with van der Waals surface area (Å²) in [6, 6.07) is 4.79. The quantitative estimate of drug-likeness (QED) is 0.902. The van der Waals surface area contributed by atoms with Crippen molar-refractivity contribution in [3.8, 4) is 0 Å². The van der Waals surface area contributed by atoms with Crippen LogP contribution in [0.2, 0.25) is 0 Å². The highest BCUT2D eigenvalue weighted by atomic mass is 19.1. The van der Waals surface area contributed by atoms with Crippen LogP contribution in [0.1, 0.15) is 31.3 Å². The SMILES string of the molecule is O=C(NC1=CC(=O)c2nccnc2C1=O)c1ccc(F)cc1. The Kier molecular flexibility index (Phi) is 3.30. The second kappa shape index (κ2) is 5.28. The van der Waals surface area contributed by atoms with Crippen LogP contribution in [0.3, 0.4) is 0 Å². The summed E-state index contributed by atoms with van der Waals surface area (Å²) < 4.78 is 12.8. The molecule has 1 aromatic heterocycles. The number of Topliss-reactive ketones (excluding diaryl/α,β-unsaturated/α-hetero) is 1. The Bertz CT molecular complexity index is 828. The van der Waals surface area contributed by atoms with Crippen LogP contribution in [0.25, 0.3) is 0 Å². The predicted molar refractivity (Wildman–Crippen MR) is 72.6 cm³/mol. The number of fused-ring (bicyclic) bond motifs is 1. The molecule has 0 aliphatic heterocycles. The predicted octanol–water partition coefficient (Wildman–Crippen LogP) is 1.31. The number of ketones is 2. The molecule has 0 fully saturated rings. The molecule has 108 valence electrons. The maximum Gasteiger partial charge on any atom is 0.255 e. The van der Waals surface area contributed by atoms with E-state index in [-0.39, 0.29) is 22.6 Å². The zero-order valence-electron chi connectivity index (χ0n) is 11.0. The van der Waals surface area contributed by atoms with E-state index in [0.717, 1.165) is 18.2 Å². The van der Waals surface area contributed by atoms with Crippen LogP contribution < -0.4 is 5.32 Å². The highest BCUT2D eigenvalue weighted by molar-refractivity contribution is 6.23. The zero-order chi connectivity index (χ0) is 15.7. The normalized spacial score (nSPS) is 13.4. The lowest BCUT2D eigenvalue weighted by molar-refractivity contribution is 0.0921. The Labute approximate surface area is 123 Å². The largest absolute Gasteiger partial charge is 0.318 e. The van der Waals surface area contributed by atoms with Crippen LogP contribution in [0.5, 0.6) is 0 Å². The molecule has 0 atom stereocenters. The molecule has 0 unspecified atom stereocenters. The van der Waals surface area contributed by atoms with Gasteiger partial charge in [-0.1, -0.05) is 0 Å². The van der Waals surface area contributed by atoms with Crippen molar-refractivity contribution in [2.45, 2.75) is 0 Å². The third-order valence-electron chi connectivity index (χ3n) is 3.02. The molecule has 6 nitrogen and oxygen atoms in total. The van der Waals surface area contributed by atoms with Crippen LogP contribution in [0.4, 0.5) is 4.39 Å². The molecule has 1 aromatic carbocycles. The van der Waals surface area contributed by atoms with Gasteiger partial charge in [-0.25, -0.2) is 14.4 Å². The smallest absolute Gasteiger partial charge is 0.255 e. The van der Waals surface area contributed by atoms with Crippen LogP contribution in [-0.4, -0.2) is 27.4 Å². The van der Waals surface area contributed by atoms with Gasteiger partial charge in [0.1, 0.15) is 17.2 Å². The first-order valence-electron chi connectivity index (χ1n) is 6.25. The summed E-state index contributed by atoms with van der Waals surface area (Å²) >= 11 is 0. The fourth-order valence-electron chi connectivity index (χ4n) is 1.97. The number of nitrogens with zero attached hydrogens (tertiary/aromatic N) is 2. The molecule has 0 saturated carbocycles. The summed E-state index contributed by atoms with van der Waals surface area (Å²) in [5, 5.41) is 2.34. The van der Waals surface area contributed by atoms with Gasteiger partial charge >= 0.3 is 0 Å². The van der Waals surface area contributed by atoms with Crippen molar-refractivity contribution in [1.29, 1.82) is 0 Å². The van der Waals surface area contributed by atoms with Gasteiger partial charge in [0.05, 0.1) is 5.70 Å². The first-order valence-corrected chi connectivity index (χ1v) is 6.25. The number of carbonyl (C=O) groups is 3. The molecule has 2 aromatic rings. The van der Waals surface area contributed by atoms with Crippen molar-refractivity contribution in [3.05, 3.63) is 71.2 Å². The molecule has 7 heteroatoms. The Balaban J connectivity index is 1.87. The second-order valence-electron chi connectivity index (χ2n) is 4.47. The Hall–Kier alpha value is -3.22. The van der Waals surface area contributed by atoms with E-state index in [1.54, 1.807) is 0 Å². The molecule has 0 spiro atoms. The fourth-order valence-corrected chi connectivity index (χ4v) is 1.97. The van der Waals surface area contributed by atoms with E-state index < -0.39 is 23.3 Å². The van der Waals surface area contributed by atoms with E-state index in [1.807, 2.05) is 0 Å². The lowest BCUT2D eigenvalue weighted by Gasteiger charge is -2.13. The monoisotopic (exact) mass is 297 g/mol. The number of nitrogens with one attached hydrogen (secondary N) is 1. The topological polar surface area (TPSA) is 89.0 Å². The highest BCUT2D eigenvalue weighted by Gasteiger charge is 2.29. The summed E-state index contributed by atoms with van der Waals surface area (Å²) in [6.07, 6.45) is 3.59. The van der Waals surface area contributed by atoms with Crippen LogP contribution in [-0.2, 0) is 0 Å². The van der Waals surface area contributed by atoms with Gasteiger partial charge in [0.2, 0.25) is 11.6 Å². The Morgan fingerprint density at radius 3 is 2.32 bits per heavy atom. The van der Waals surface area contributed by atoms with Gasteiger partial charge in [-0.2, -0.15) is 0 Å². The number of rotatable bonds is 2. The molecule has 0 bridgehead atoms. The molecular formula is C15H8FN3O3. The molecule has 1 N–H and O–H groups in total. The zero-order valence-corrected chi connectivity index (χ0v) is 11.0. The van der Waals surface area contributed by atoms with Crippen molar-refractivity contribution >= 4 is 17.5 Å². The maximum absolute atomic E-state index is 12.8. The first kappa shape index (κ1) is 13.7. The molecule has 0 radical (unpaired) electrons. The minimum Gasteiger partial charge on any atom is -0.318 e. The summed E-state index contributed by atoms with van der Waals surface area (Å²) in [5.41, 5.74) is -0.184. The average Bonchev–Trinajstić information content (AvgIpc) is 2.53. The lowest BCUT2D eigenvalue weighted by atomic mass is 10.0. The number of carbonyl (C=O) groups excluding carboxylic acids is 3. The number of aromatic nitrogens is 2. The summed E-state index contributed by atoms with van der Waals surface area (Å²) in [4.78, 5) is 43.7. The third-order valence-corrected chi connectivity index (χ3v) is 3.02. The number of amides is 1. The van der Waals surface area contributed by atoms with Gasteiger partial charge < -0.3 is 5.32 Å². The summed E-state index contributed by atoms with van der Waals surface area (Å²) in [7, 11) is 0. The van der Waals surface area contributed by atoms with Gasteiger partial charge in [0.15, 0.2) is 0 Å². The highest BCUT2D eigenvalue weighted by Crippen LogP contribution is 2.16. The van der Waals surface area contributed by atoms with Gasteiger partial charge in [-0.15, -0.1) is 0 Å². The maximum atomic E-state index is 12.8. The third kappa shape index (κ3) is 2.39. The van der Waals surface area contributed by atoms with Crippen LogP contribution in [0, 0.1) is 5.82 Å². The summed E-state index contributed by atoms with van der Waals surface area (Å²) in [5.74, 6) is -2.22. The average molecular weight is 297 g/mol. The van der Waals surface area contributed by atoms with Crippen LogP contribution in [0.15, 0.2) is 48.4 Å². The van der Waals surface area contributed by atoms with Crippen molar-refractivity contribution in [2.75, 3.05) is 0 Å². The molecule has 1 heterocycles. The van der Waals surface area contributed by atoms with E-state index >= 15 is 0 Å². The van der Waals surface area contributed by atoms with Crippen molar-refractivity contribution in [2.24, 2.45) is 0 Å². The van der Waals surface area contributed by atoms with Crippen molar-refractivity contribution in [3.63, 3.8) is 0 Å². The Morgan fingerprint density at radius 1 is 1.00 bits per heavy atom. The van der Waals surface area contributed by atoms with Gasteiger partial charge in [-0.05, 0) is 24.3 Å². The van der Waals surface area contributed by atoms with Gasteiger partial charge in [0, 0.05) is 24.0 Å². The molecular weight excluding hydrogens is 289 g/mol. The van der Waals surface area contributed by atoms with E-state index in [1.165, 1.54) is 24.5 Å². The van der Waals surface area contributed by atoms with E-state index in [2.05, 4.69) is 15.3 Å². The van der Waals surface area contributed by atoms with Crippen molar-refractivity contribution in [1.82, 2.24) is 15.3 Å². The first-order chi connectivity index (χ1) is 10.6. The minimum absolute atomic E-state index is 0.0488. The molecule has 1 aliphatic carbocycles. The van der Waals surface area contributed by atoms with E-state index in [4.69, 9.17) is 0 Å². The number of allylic oxidation sites excluding steroid dienone is 2. The molecule has 1 aliphatic rings. The van der Waals surface area contributed by atoms with Gasteiger partial charge in [0.25, 0.3) is 5.91 Å². The van der Waals surface area contributed by atoms with Crippen molar-refractivity contribution < 1.29 is 18.8 Å². The lowest BCUT2D eigenvalue weighted by Crippen LogP contribution is -2.32. The Morgan fingerprint density at radius 2 is 1.64 bits per heavy atom. The number of halogens is 1. The fraction of sp³-hybridized carbons (Fsp3) is 0. The van der Waals surface area contributed by atoms with E-state index in [0.29, 0.717) is 0 Å². The number of hydrogen-bond acceptors (Lipinski definition) is 5. The number of benzene rings is 1. The standard InChI is InChI=1S/C15H8FN3O3/c16-9-3-1-8(2-4-9)15(22)19-10-7-11(20)12-13(14(10)21)18-6-5-17-12/h1-7H,(H,19,22). The van der Waals surface area contributed by atoms with Gasteiger partial charge in [-0.3, -0.25) is 14.4 Å². The van der Waals surface area contributed by atoms with E-state index in [9.17, 15) is 18.8 Å². The summed E-state index contributed by atoms with van der Waals surface area (Å²) in [6.45, 7) is 0. The molecule has 0 saturated heterocycles. The second-order valence-corrected chi connectivity index (χ2v) is 4.47. The molecule has 1 amide bonds.